The van der Waals surface area contributed by atoms with E-state index in [2.05, 4.69) is 9.97 Å². The fourth-order valence-electron chi connectivity index (χ4n) is 2.93. The molecule has 24 heavy (non-hydrogen) atoms. The lowest BCUT2D eigenvalue weighted by atomic mass is 10.0. The average Bonchev–Trinajstić information content (AvgIpc) is 2.83. The Morgan fingerprint density at radius 3 is 2.83 bits per heavy atom. The molecule has 0 saturated carbocycles. The highest BCUT2D eigenvalue weighted by Crippen LogP contribution is 2.14. The number of amides is 1. The summed E-state index contributed by atoms with van der Waals surface area (Å²) in [5.74, 6) is 0.413. The van der Waals surface area contributed by atoms with Crippen molar-refractivity contribution >= 4 is 5.91 Å². The van der Waals surface area contributed by atoms with Crippen LogP contribution < -0.4 is 0 Å². The van der Waals surface area contributed by atoms with Gasteiger partial charge in [-0.05, 0) is 18.9 Å². The third-order valence-corrected chi connectivity index (χ3v) is 4.22. The summed E-state index contributed by atoms with van der Waals surface area (Å²) in [6.07, 6.45) is 4.82. The van der Waals surface area contributed by atoms with Crippen LogP contribution in [0.15, 0.2) is 42.7 Å². The molecular weight excluding hydrogens is 302 g/mol. The normalized spacial score (nSPS) is 18.2. The van der Waals surface area contributed by atoms with Crippen LogP contribution in [0.4, 0.5) is 0 Å². The minimum atomic E-state index is 0.159. The Morgan fingerprint density at radius 2 is 2.08 bits per heavy atom. The van der Waals surface area contributed by atoms with Gasteiger partial charge in [-0.15, -0.1) is 0 Å². The number of ether oxygens (including phenoxy) is 1. The van der Waals surface area contributed by atoms with Crippen LogP contribution in [-0.2, 0) is 22.4 Å². The summed E-state index contributed by atoms with van der Waals surface area (Å²) >= 11 is 0. The molecule has 2 heterocycles. The predicted octanol–water partition coefficient (Wildman–Crippen LogP) is 2.05. The van der Waals surface area contributed by atoms with Crippen LogP contribution in [0.1, 0.15) is 17.0 Å². The molecule has 1 aromatic carbocycles. The van der Waals surface area contributed by atoms with Crippen LogP contribution in [0.3, 0.4) is 0 Å². The van der Waals surface area contributed by atoms with Gasteiger partial charge in [0.15, 0.2) is 0 Å². The summed E-state index contributed by atoms with van der Waals surface area (Å²) in [4.78, 5) is 23.2. The molecule has 5 heteroatoms. The van der Waals surface area contributed by atoms with Gasteiger partial charge in [-0.25, -0.2) is 0 Å². The minimum Gasteiger partial charge on any atom is -0.379 e. The number of aryl methyl sites for hydroxylation is 1. The van der Waals surface area contributed by atoms with Gasteiger partial charge in [0, 0.05) is 31.4 Å². The zero-order valence-electron chi connectivity index (χ0n) is 14.0. The summed E-state index contributed by atoms with van der Waals surface area (Å²) < 4.78 is 5.69. The van der Waals surface area contributed by atoms with Crippen molar-refractivity contribution in [3.05, 3.63) is 59.7 Å². The molecule has 0 bridgehead atoms. The topological polar surface area (TPSA) is 55.3 Å². The molecule has 2 aromatic rings. The largest absolute Gasteiger partial charge is 0.379 e. The molecule has 0 aliphatic carbocycles. The molecule has 1 aliphatic heterocycles. The highest BCUT2D eigenvalue weighted by Gasteiger charge is 2.23. The summed E-state index contributed by atoms with van der Waals surface area (Å²) in [6, 6.07) is 9.88. The van der Waals surface area contributed by atoms with E-state index in [1.165, 1.54) is 0 Å². The van der Waals surface area contributed by atoms with Crippen LogP contribution in [0.5, 0.6) is 0 Å². The van der Waals surface area contributed by atoms with E-state index in [0.717, 1.165) is 23.4 Å². The van der Waals surface area contributed by atoms with Crippen molar-refractivity contribution < 1.29 is 9.53 Å². The summed E-state index contributed by atoms with van der Waals surface area (Å²) in [6.45, 7) is 4.54. The number of hydrogen-bond donors (Lipinski definition) is 0. The summed E-state index contributed by atoms with van der Waals surface area (Å²) in [5.41, 5.74) is 2.91. The zero-order valence-corrected chi connectivity index (χ0v) is 14.0. The van der Waals surface area contributed by atoms with E-state index >= 15 is 0 Å². The lowest BCUT2D eigenvalue weighted by Gasteiger charge is -2.23. The molecule has 0 radical (unpaired) electrons. The molecule has 1 aromatic heterocycles. The van der Waals surface area contributed by atoms with Crippen molar-refractivity contribution in [1.82, 2.24) is 14.9 Å². The van der Waals surface area contributed by atoms with E-state index in [1.54, 1.807) is 6.20 Å². The smallest absolute Gasteiger partial charge is 0.227 e. The van der Waals surface area contributed by atoms with Crippen molar-refractivity contribution in [2.45, 2.75) is 19.8 Å². The van der Waals surface area contributed by atoms with Gasteiger partial charge in [-0.2, -0.15) is 0 Å². The fraction of sp³-hybridized carbons (Fsp3) is 0.421. The maximum Gasteiger partial charge on any atom is 0.227 e. The second-order valence-corrected chi connectivity index (χ2v) is 6.30. The number of nitrogens with zero attached hydrogens (tertiary/aromatic N) is 3. The lowest BCUT2D eigenvalue weighted by molar-refractivity contribution is -0.130. The predicted molar refractivity (Wildman–Crippen MR) is 91.5 cm³/mol. The molecule has 0 N–H and O–H groups in total. The quantitative estimate of drug-likeness (QED) is 0.863. The Morgan fingerprint density at radius 1 is 1.25 bits per heavy atom. The van der Waals surface area contributed by atoms with E-state index < -0.39 is 0 Å². The van der Waals surface area contributed by atoms with Crippen molar-refractivity contribution in [3.8, 4) is 0 Å². The van der Waals surface area contributed by atoms with E-state index in [4.69, 9.17) is 4.74 Å². The Labute approximate surface area is 142 Å². The van der Waals surface area contributed by atoms with Gasteiger partial charge in [0.05, 0.1) is 31.0 Å². The van der Waals surface area contributed by atoms with Crippen LogP contribution in [0.25, 0.3) is 0 Å². The second-order valence-electron chi connectivity index (χ2n) is 6.30. The van der Waals surface area contributed by atoms with E-state index in [1.807, 2.05) is 48.4 Å². The SMILES string of the molecule is Cc1cnc(C[C@H]2COCCN(C(=O)Cc3ccccc3)C2)cn1. The summed E-state index contributed by atoms with van der Waals surface area (Å²) in [5, 5.41) is 0. The molecule has 5 nitrogen and oxygen atoms in total. The number of carbonyl (C=O) groups is 1. The zero-order chi connectivity index (χ0) is 16.8. The van der Waals surface area contributed by atoms with Crippen molar-refractivity contribution in [2.24, 2.45) is 5.92 Å². The standard InChI is InChI=1S/C19H23N3O2/c1-15-11-21-18(12-20-15)9-17-13-22(7-8-24-14-17)19(23)10-16-5-3-2-4-6-16/h2-6,11-12,17H,7-10,13-14H2,1H3/t17-/m1/s1. The molecule has 1 amide bonds. The van der Waals surface area contributed by atoms with E-state index in [-0.39, 0.29) is 11.8 Å². The van der Waals surface area contributed by atoms with Gasteiger partial charge in [-0.3, -0.25) is 14.8 Å². The highest BCUT2D eigenvalue weighted by molar-refractivity contribution is 5.78. The third-order valence-electron chi connectivity index (χ3n) is 4.22. The molecular formula is C19H23N3O2. The lowest BCUT2D eigenvalue weighted by Crippen LogP contribution is -2.37. The number of aromatic nitrogens is 2. The maximum absolute atomic E-state index is 12.6. The molecule has 3 rings (SSSR count). The van der Waals surface area contributed by atoms with Gasteiger partial charge < -0.3 is 9.64 Å². The minimum absolute atomic E-state index is 0.159. The Bertz CT molecular complexity index is 658. The van der Waals surface area contributed by atoms with Gasteiger partial charge in [0.25, 0.3) is 0 Å². The van der Waals surface area contributed by atoms with Crippen molar-refractivity contribution in [1.29, 1.82) is 0 Å². The first-order valence-corrected chi connectivity index (χ1v) is 8.37. The fourth-order valence-corrected chi connectivity index (χ4v) is 2.93. The first kappa shape index (κ1) is 16.6. The number of rotatable bonds is 4. The van der Waals surface area contributed by atoms with E-state index in [9.17, 15) is 4.79 Å². The monoisotopic (exact) mass is 325 g/mol. The van der Waals surface area contributed by atoms with Crippen LogP contribution in [0.2, 0.25) is 0 Å². The number of hydrogen-bond acceptors (Lipinski definition) is 4. The van der Waals surface area contributed by atoms with Gasteiger partial charge in [0.2, 0.25) is 5.91 Å². The molecule has 1 atom stereocenters. The van der Waals surface area contributed by atoms with Crippen LogP contribution in [-0.4, -0.2) is 47.1 Å². The summed E-state index contributed by atoms with van der Waals surface area (Å²) in [7, 11) is 0. The number of carbonyl (C=O) groups excluding carboxylic acids is 1. The molecule has 1 fully saturated rings. The maximum atomic E-state index is 12.6. The van der Waals surface area contributed by atoms with E-state index in [0.29, 0.717) is 32.7 Å². The van der Waals surface area contributed by atoms with Crippen LogP contribution >= 0.6 is 0 Å². The molecule has 0 spiro atoms. The Balaban J connectivity index is 1.61. The Kier molecular flexibility index (Phi) is 5.54. The molecule has 0 unspecified atom stereocenters. The highest BCUT2D eigenvalue weighted by atomic mass is 16.5. The molecule has 126 valence electrons. The van der Waals surface area contributed by atoms with Gasteiger partial charge in [0.1, 0.15) is 0 Å². The molecule has 1 saturated heterocycles. The van der Waals surface area contributed by atoms with Crippen LogP contribution in [0, 0.1) is 12.8 Å². The second kappa shape index (κ2) is 8.02. The first-order valence-electron chi connectivity index (χ1n) is 8.37. The number of benzene rings is 1. The van der Waals surface area contributed by atoms with Gasteiger partial charge >= 0.3 is 0 Å². The average molecular weight is 325 g/mol. The third kappa shape index (κ3) is 4.61. The first-order chi connectivity index (χ1) is 11.7. The van der Waals surface area contributed by atoms with Crippen molar-refractivity contribution in [2.75, 3.05) is 26.3 Å². The van der Waals surface area contributed by atoms with Crippen molar-refractivity contribution in [3.63, 3.8) is 0 Å². The Hall–Kier alpha value is -2.27. The van der Waals surface area contributed by atoms with Gasteiger partial charge in [-0.1, -0.05) is 30.3 Å². The molecule has 1 aliphatic rings.